The third-order valence-corrected chi connectivity index (χ3v) is 5.88. The average Bonchev–Trinajstić information content (AvgIpc) is 2.71. The van der Waals surface area contributed by atoms with Crippen LogP contribution in [0.25, 0.3) is 10.8 Å². The predicted molar refractivity (Wildman–Crippen MR) is 107 cm³/mol. The van der Waals surface area contributed by atoms with E-state index in [-0.39, 0.29) is 10.8 Å². The Hall–Kier alpha value is -2.70. The van der Waals surface area contributed by atoms with Crippen LogP contribution in [0.3, 0.4) is 0 Å². The Bertz CT molecular complexity index is 1060. The zero-order valence-corrected chi connectivity index (χ0v) is 15.9. The van der Waals surface area contributed by atoms with E-state index in [2.05, 4.69) is 34.3 Å². The Morgan fingerprint density at radius 3 is 2.52 bits per heavy atom. The van der Waals surface area contributed by atoms with Gasteiger partial charge in [-0.2, -0.15) is 0 Å². The number of carbonyl (C=O) groups excluding carboxylic acids is 1. The fourth-order valence-corrected chi connectivity index (χ4v) is 3.79. The number of hydrogen-bond acceptors (Lipinski definition) is 3. The monoisotopic (exact) mass is 382 g/mol. The van der Waals surface area contributed by atoms with Gasteiger partial charge in [-0.25, -0.2) is 13.1 Å². The van der Waals surface area contributed by atoms with Gasteiger partial charge < -0.3 is 5.32 Å². The molecule has 3 aromatic rings. The van der Waals surface area contributed by atoms with Crippen molar-refractivity contribution in [2.75, 3.05) is 13.6 Å². The Morgan fingerprint density at radius 2 is 1.70 bits per heavy atom. The Labute approximate surface area is 159 Å². The quantitative estimate of drug-likeness (QED) is 0.617. The van der Waals surface area contributed by atoms with Crippen molar-refractivity contribution in [3.63, 3.8) is 0 Å². The van der Waals surface area contributed by atoms with E-state index in [1.165, 1.54) is 35.5 Å². The maximum absolute atomic E-state index is 12.3. The number of nitrogens with one attached hydrogen (secondary N) is 2. The van der Waals surface area contributed by atoms with Gasteiger partial charge in [-0.3, -0.25) is 4.79 Å². The van der Waals surface area contributed by atoms with Gasteiger partial charge in [-0.05, 0) is 54.4 Å². The lowest BCUT2D eigenvalue weighted by Gasteiger charge is -2.09. The zero-order chi connectivity index (χ0) is 19.3. The minimum absolute atomic E-state index is 0.0772. The second kappa shape index (κ2) is 8.33. The molecule has 3 aromatic carbocycles. The third kappa shape index (κ3) is 4.53. The van der Waals surface area contributed by atoms with Crippen LogP contribution in [0.5, 0.6) is 0 Å². The molecule has 0 saturated carbocycles. The molecule has 6 heteroatoms. The first-order valence-corrected chi connectivity index (χ1v) is 10.3. The highest BCUT2D eigenvalue weighted by atomic mass is 32.2. The standard InChI is InChI=1S/C21H22N2O3S/c1-22-27(25,26)19-12-5-10-18(15-19)21(24)23-14-6-11-17-9-4-8-16-7-2-3-13-20(16)17/h2-5,7-10,12-13,15,22H,6,11,14H2,1H3,(H,23,24). The predicted octanol–water partition coefficient (Wildman–Crippen LogP) is 3.11. The molecule has 0 spiro atoms. The summed E-state index contributed by atoms with van der Waals surface area (Å²) in [5.74, 6) is -0.277. The first kappa shape index (κ1) is 19.1. The minimum atomic E-state index is -3.57. The van der Waals surface area contributed by atoms with E-state index < -0.39 is 10.0 Å². The minimum Gasteiger partial charge on any atom is -0.352 e. The van der Waals surface area contributed by atoms with Gasteiger partial charge in [-0.1, -0.05) is 48.5 Å². The van der Waals surface area contributed by atoms with E-state index in [1.54, 1.807) is 12.1 Å². The second-order valence-corrected chi connectivity index (χ2v) is 8.12. The lowest BCUT2D eigenvalue weighted by molar-refractivity contribution is 0.0953. The van der Waals surface area contributed by atoms with E-state index in [0.29, 0.717) is 12.1 Å². The molecule has 27 heavy (non-hydrogen) atoms. The molecule has 0 aliphatic carbocycles. The number of aryl methyl sites for hydroxylation is 1. The summed E-state index contributed by atoms with van der Waals surface area (Å²) in [7, 11) is -2.22. The van der Waals surface area contributed by atoms with Crippen LogP contribution in [0.15, 0.2) is 71.6 Å². The number of carbonyl (C=O) groups is 1. The van der Waals surface area contributed by atoms with E-state index in [9.17, 15) is 13.2 Å². The van der Waals surface area contributed by atoms with Crippen molar-refractivity contribution in [3.05, 3.63) is 77.9 Å². The van der Waals surface area contributed by atoms with Crippen molar-refractivity contribution in [2.45, 2.75) is 17.7 Å². The molecule has 0 aromatic heterocycles. The summed E-state index contributed by atoms with van der Waals surface area (Å²) in [6, 6.07) is 20.5. The summed E-state index contributed by atoms with van der Waals surface area (Å²) in [6.45, 7) is 0.519. The smallest absolute Gasteiger partial charge is 0.251 e. The van der Waals surface area contributed by atoms with Crippen molar-refractivity contribution >= 4 is 26.7 Å². The van der Waals surface area contributed by atoms with Gasteiger partial charge in [0.2, 0.25) is 10.0 Å². The Morgan fingerprint density at radius 1 is 0.963 bits per heavy atom. The summed E-state index contributed by atoms with van der Waals surface area (Å²) in [4.78, 5) is 12.4. The molecule has 0 saturated heterocycles. The van der Waals surface area contributed by atoms with E-state index >= 15 is 0 Å². The van der Waals surface area contributed by atoms with Crippen LogP contribution in [0.2, 0.25) is 0 Å². The van der Waals surface area contributed by atoms with Crippen molar-refractivity contribution in [2.24, 2.45) is 0 Å². The van der Waals surface area contributed by atoms with Crippen molar-refractivity contribution < 1.29 is 13.2 Å². The molecular formula is C21H22N2O3S. The summed E-state index contributed by atoms with van der Waals surface area (Å²) in [5, 5.41) is 5.30. The maximum atomic E-state index is 12.3. The lowest BCUT2D eigenvalue weighted by Crippen LogP contribution is -2.25. The molecule has 0 unspecified atom stereocenters. The van der Waals surface area contributed by atoms with E-state index in [1.807, 2.05) is 18.2 Å². The van der Waals surface area contributed by atoms with Gasteiger partial charge >= 0.3 is 0 Å². The molecule has 1 amide bonds. The molecule has 0 heterocycles. The molecule has 2 N–H and O–H groups in total. The fraction of sp³-hybridized carbons (Fsp3) is 0.190. The zero-order valence-electron chi connectivity index (χ0n) is 15.1. The molecule has 0 radical (unpaired) electrons. The van der Waals surface area contributed by atoms with Gasteiger partial charge in [0.25, 0.3) is 5.91 Å². The molecule has 3 rings (SSSR count). The highest BCUT2D eigenvalue weighted by Crippen LogP contribution is 2.19. The summed E-state index contributed by atoms with van der Waals surface area (Å²) in [5.41, 5.74) is 1.58. The van der Waals surface area contributed by atoms with Crippen LogP contribution in [0.4, 0.5) is 0 Å². The highest BCUT2D eigenvalue weighted by Gasteiger charge is 2.14. The first-order valence-electron chi connectivity index (χ1n) is 8.80. The SMILES string of the molecule is CNS(=O)(=O)c1cccc(C(=O)NCCCc2cccc3ccccc23)c1. The van der Waals surface area contributed by atoms with Crippen LogP contribution in [-0.2, 0) is 16.4 Å². The lowest BCUT2D eigenvalue weighted by atomic mass is 10.0. The number of benzene rings is 3. The van der Waals surface area contributed by atoms with E-state index in [0.717, 1.165) is 12.8 Å². The number of hydrogen-bond donors (Lipinski definition) is 2. The van der Waals surface area contributed by atoms with Gasteiger partial charge in [0.1, 0.15) is 0 Å². The molecule has 0 fully saturated rings. The largest absolute Gasteiger partial charge is 0.352 e. The van der Waals surface area contributed by atoms with Gasteiger partial charge in [-0.15, -0.1) is 0 Å². The van der Waals surface area contributed by atoms with Crippen molar-refractivity contribution in [1.29, 1.82) is 0 Å². The normalized spacial score (nSPS) is 11.4. The van der Waals surface area contributed by atoms with E-state index in [4.69, 9.17) is 0 Å². The molecule has 0 atom stereocenters. The topological polar surface area (TPSA) is 75.3 Å². The van der Waals surface area contributed by atoms with Gasteiger partial charge in [0, 0.05) is 12.1 Å². The highest BCUT2D eigenvalue weighted by molar-refractivity contribution is 7.89. The summed E-state index contributed by atoms with van der Waals surface area (Å²) >= 11 is 0. The number of rotatable bonds is 7. The van der Waals surface area contributed by atoms with Gasteiger partial charge in [0.15, 0.2) is 0 Å². The second-order valence-electron chi connectivity index (χ2n) is 6.23. The molecule has 0 aliphatic rings. The first-order chi connectivity index (χ1) is 13.0. The average molecular weight is 382 g/mol. The summed E-state index contributed by atoms with van der Waals surface area (Å²) < 4.78 is 26.0. The van der Waals surface area contributed by atoms with Crippen LogP contribution >= 0.6 is 0 Å². The Kier molecular flexibility index (Phi) is 5.88. The number of amides is 1. The van der Waals surface area contributed by atoms with Crippen LogP contribution in [-0.4, -0.2) is 27.9 Å². The number of sulfonamides is 1. The molecule has 140 valence electrons. The molecule has 0 aliphatic heterocycles. The molecular weight excluding hydrogens is 360 g/mol. The van der Waals surface area contributed by atoms with Crippen molar-refractivity contribution in [1.82, 2.24) is 10.0 Å². The summed E-state index contributed by atoms with van der Waals surface area (Å²) in [6.07, 6.45) is 1.66. The maximum Gasteiger partial charge on any atom is 0.251 e. The van der Waals surface area contributed by atoms with Crippen LogP contribution < -0.4 is 10.0 Å². The third-order valence-electron chi connectivity index (χ3n) is 4.46. The molecule has 0 bridgehead atoms. The van der Waals surface area contributed by atoms with Crippen molar-refractivity contribution in [3.8, 4) is 0 Å². The molecule has 5 nitrogen and oxygen atoms in total. The van der Waals surface area contributed by atoms with Crippen LogP contribution in [0.1, 0.15) is 22.3 Å². The van der Waals surface area contributed by atoms with Gasteiger partial charge in [0.05, 0.1) is 4.90 Å². The number of fused-ring (bicyclic) bond motifs is 1. The Balaban J connectivity index is 1.59. The fourth-order valence-electron chi connectivity index (χ4n) is 3.02. The van der Waals surface area contributed by atoms with Crippen LogP contribution in [0, 0.1) is 0 Å².